The molecule has 0 saturated carbocycles. The number of amides is 2. The van der Waals surface area contributed by atoms with Crippen LogP contribution in [-0.2, 0) is 10.2 Å². The van der Waals surface area contributed by atoms with Gasteiger partial charge in [0.15, 0.2) is 10.4 Å². The summed E-state index contributed by atoms with van der Waals surface area (Å²) in [5.74, 6) is -0.872. The fourth-order valence-electron chi connectivity index (χ4n) is 1.98. The van der Waals surface area contributed by atoms with Crippen LogP contribution in [0.3, 0.4) is 0 Å². The van der Waals surface area contributed by atoms with Crippen LogP contribution in [0, 0.1) is 0 Å². The third-order valence-corrected chi connectivity index (χ3v) is 3.77. The summed E-state index contributed by atoms with van der Waals surface area (Å²) in [5.41, 5.74) is 1.16. The van der Waals surface area contributed by atoms with Crippen molar-refractivity contribution in [1.82, 2.24) is 5.32 Å². The van der Waals surface area contributed by atoms with Crippen molar-refractivity contribution >= 4 is 33.4 Å². The fourth-order valence-corrected chi connectivity index (χ4v) is 2.29. The summed E-state index contributed by atoms with van der Waals surface area (Å²) >= 11 is 3.10. The van der Waals surface area contributed by atoms with Crippen LogP contribution >= 0.6 is 15.9 Å². The van der Waals surface area contributed by atoms with Gasteiger partial charge in [-0.15, -0.1) is 0 Å². The Hall–Kier alpha value is -2.28. The molecule has 0 radical (unpaired) electrons. The van der Waals surface area contributed by atoms with E-state index < -0.39 is 11.8 Å². The minimum absolute atomic E-state index is 0.0300. The lowest BCUT2D eigenvalue weighted by atomic mass is 9.87. The van der Waals surface area contributed by atoms with Gasteiger partial charge >= 0.3 is 0 Å². The summed E-state index contributed by atoms with van der Waals surface area (Å²) in [7, 11) is 0. The number of anilines is 1. The lowest BCUT2D eigenvalue weighted by Gasteiger charge is -2.20. The Bertz CT molecular complexity index is 762. The molecule has 0 aliphatic heterocycles. The van der Waals surface area contributed by atoms with E-state index in [0.717, 1.165) is 5.56 Å². The van der Waals surface area contributed by atoms with Gasteiger partial charge in [0.1, 0.15) is 5.75 Å². The predicted molar refractivity (Wildman–Crippen MR) is 94.2 cm³/mol. The van der Waals surface area contributed by atoms with Gasteiger partial charge in [0.25, 0.3) is 5.91 Å². The highest BCUT2D eigenvalue weighted by Crippen LogP contribution is 2.30. The minimum Gasteiger partial charge on any atom is -0.506 e. The first-order chi connectivity index (χ1) is 11.2. The predicted octanol–water partition coefficient (Wildman–Crippen LogP) is 3.41. The zero-order chi connectivity index (χ0) is 17.9. The molecule has 0 aliphatic carbocycles. The molecule has 0 unspecified atom stereocenters. The largest absolute Gasteiger partial charge is 0.506 e. The van der Waals surface area contributed by atoms with E-state index in [1.54, 1.807) is 12.1 Å². The van der Waals surface area contributed by atoms with Crippen molar-refractivity contribution in [2.75, 3.05) is 11.9 Å². The van der Waals surface area contributed by atoms with E-state index in [9.17, 15) is 14.7 Å². The molecule has 2 rings (SSSR count). The van der Waals surface area contributed by atoms with Crippen LogP contribution in [0.2, 0.25) is 0 Å². The van der Waals surface area contributed by atoms with E-state index in [1.165, 1.54) is 12.1 Å². The van der Waals surface area contributed by atoms with Gasteiger partial charge in [-0.1, -0.05) is 26.8 Å². The maximum Gasteiger partial charge on any atom is 0.287 e. The molecule has 0 spiro atoms. The molecular formula is C17H19BrN2O4. The molecule has 1 heterocycles. The van der Waals surface area contributed by atoms with Crippen molar-refractivity contribution in [1.29, 1.82) is 0 Å². The van der Waals surface area contributed by atoms with Crippen molar-refractivity contribution in [2.24, 2.45) is 0 Å². The maximum absolute atomic E-state index is 12.0. The Morgan fingerprint density at radius 2 is 1.92 bits per heavy atom. The quantitative estimate of drug-likeness (QED) is 0.692. The van der Waals surface area contributed by atoms with Crippen molar-refractivity contribution < 1.29 is 19.1 Å². The van der Waals surface area contributed by atoms with Gasteiger partial charge in [0.05, 0.1) is 12.2 Å². The number of aromatic hydroxyl groups is 1. The van der Waals surface area contributed by atoms with Gasteiger partial charge in [0, 0.05) is 0 Å². The number of benzene rings is 1. The lowest BCUT2D eigenvalue weighted by Crippen LogP contribution is -2.32. The highest BCUT2D eigenvalue weighted by atomic mass is 79.9. The Morgan fingerprint density at radius 1 is 1.21 bits per heavy atom. The minimum atomic E-state index is -0.497. The normalized spacial score (nSPS) is 11.2. The number of rotatable bonds is 4. The molecule has 1 aromatic carbocycles. The van der Waals surface area contributed by atoms with Crippen LogP contribution in [0.1, 0.15) is 36.9 Å². The Kier molecular flexibility index (Phi) is 5.33. The first-order valence-electron chi connectivity index (χ1n) is 7.33. The molecule has 128 valence electrons. The van der Waals surface area contributed by atoms with E-state index in [0.29, 0.717) is 10.4 Å². The number of carbonyl (C=O) groups excluding carboxylic acids is 2. The summed E-state index contributed by atoms with van der Waals surface area (Å²) in [6.07, 6.45) is 0. The molecule has 6 nitrogen and oxygen atoms in total. The maximum atomic E-state index is 12.0. The van der Waals surface area contributed by atoms with E-state index >= 15 is 0 Å². The number of furan rings is 1. The number of phenolic OH excluding ortho intramolecular Hbond substituents is 1. The summed E-state index contributed by atoms with van der Waals surface area (Å²) in [6, 6.07) is 8.15. The van der Waals surface area contributed by atoms with E-state index in [4.69, 9.17) is 4.42 Å². The average Bonchev–Trinajstić information content (AvgIpc) is 2.92. The molecule has 2 aromatic rings. The molecule has 1 aromatic heterocycles. The monoisotopic (exact) mass is 394 g/mol. The third kappa shape index (κ3) is 4.61. The van der Waals surface area contributed by atoms with Crippen molar-refractivity contribution in [3.63, 3.8) is 0 Å². The van der Waals surface area contributed by atoms with Gasteiger partial charge in [0.2, 0.25) is 5.91 Å². The van der Waals surface area contributed by atoms with Crippen LogP contribution in [-0.4, -0.2) is 23.5 Å². The van der Waals surface area contributed by atoms with E-state index in [-0.39, 0.29) is 23.5 Å². The number of carbonyl (C=O) groups is 2. The van der Waals surface area contributed by atoms with Gasteiger partial charge in [-0.25, -0.2) is 0 Å². The van der Waals surface area contributed by atoms with Gasteiger partial charge < -0.3 is 20.2 Å². The topological polar surface area (TPSA) is 91.6 Å². The third-order valence-electron chi connectivity index (χ3n) is 3.34. The second-order valence-corrected chi connectivity index (χ2v) is 7.10. The highest BCUT2D eigenvalue weighted by molar-refractivity contribution is 9.10. The lowest BCUT2D eigenvalue weighted by molar-refractivity contribution is -0.115. The molecule has 2 amide bonds. The van der Waals surface area contributed by atoms with Crippen LogP contribution in [0.5, 0.6) is 5.75 Å². The number of phenols is 1. The van der Waals surface area contributed by atoms with E-state index in [2.05, 4.69) is 26.6 Å². The SMILES string of the molecule is CC(C)(C)c1ccc(O)c(NC(=O)CNC(=O)c2ccc(Br)o2)c1. The summed E-state index contributed by atoms with van der Waals surface area (Å²) in [6.45, 7) is 5.86. The smallest absolute Gasteiger partial charge is 0.287 e. The summed E-state index contributed by atoms with van der Waals surface area (Å²) in [4.78, 5) is 23.8. The molecule has 0 fully saturated rings. The standard InChI is InChI=1S/C17H19BrN2O4/c1-17(2,3)10-4-5-12(21)11(8-10)20-15(22)9-19-16(23)13-6-7-14(18)24-13/h4-8,21H,9H2,1-3H3,(H,19,23)(H,20,22). The van der Waals surface area contributed by atoms with Crippen LogP contribution in [0.25, 0.3) is 0 Å². The molecule has 0 bridgehead atoms. The highest BCUT2D eigenvalue weighted by Gasteiger charge is 2.17. The van der Waals surface area contributed by atoms with Crippen molar-refractivity contribution in [2.45, 2.75) is 26.2 Å². The number of nitrogens with one attached hydrogen (secondary N) is 2. The second-order valence-electron chi connectivity index (χ2n) is 6.32. The van der Waals surface area contributed by atoms with Gasteiger partial charge in [-0.2, -0.15) is 0 Å². The van der Waals surface area contributed by atoms with Gasteiger partial charge in [-0.05, 0) is 51.2 Å². The molecule has 0 atom stereocenters. The zero-order valence-corrected chi connectivity index (χ0v) is 15.2. The first kappa shape index (κ1) is 18.1. The second kappa shape index (κ2) is 7.09. The Morgan fingerprint density at radius 3 is 2.50 bits per heavy atom. The van der Waals surface area contributed by atoms with Crippen LogP contribution < -0.4 is 10.6 Å². The number of hydrogen-bond donors (Lipinski definition) is 3. The van der Waals surface area contributed by atoms with Crippen molar-refractivity contribution in [3.05, 3.63) is 46.3 Å². The fraction of sp³-hybridized carbons (Fsp3) is 0.294. The molecule has 0 saturated heterocycles. The Labute approximate surface area is 148 Å². The summed E-state index contributed by atoms with van der Waals surface area (Å²) < 4.78 is 5.53. The number of hydrogen-bond acceptors (Lipinski definition) is 4. The first-order valence-corrected chi connectivity index (χ1v) is 8.13. The zero-order valence-electron chi connectivity index (χ0n) is 13.6. The Balaban J connectivity index is 1.98. The van der Waals surface area contributed by atoms with Crippen LogP contribution in [0.15, 0.2) is 39.4 Å². The molecular weight excluding hydrogens is 376 g/mol. The van der Waals surface area contributed by atoms with E-state index in [1.807, 2.05) is 26.8 Å². The summed E-state index contributed by atoms with van der Waals surface area (Å²) in [5, 5.41) is 14.9. The average molecular weight is 395 g/mol. The molecule has 24 heavy (non-hydrogen) atoms. The number of halogens is 1. The van der Waals surface area contributed by atoms with Gasteiger partial charge in [-0.3, -0.25) is 9.59 Å². The van der Waals surface area contributed by atoms with Crippen molar-refractivity contribution in [3.8, 4) is 5.75 Å². The molecule has 3 N–H and O–H groups in total. The molecule has 0 aliphatic rings. The van der Waals surface area contributed by atoms with Crippen LogP contribution in [0.4, 0.5) is 5.69 Å². The molecule has 7 heteroatoms.